The second-order valence-electron chi connectivity index (χ2n) is 9.06. The zero-order valence-electron chi connectivity index (χ0n) is 17.8. The molecular formula is C22H25NO8. The minimum Gasteiger partial charge on any atom is -0.460 e. The number of ether oxygens (including phenoxy) is 7. The summed E-state index contributed by atoms with van der Waals surface area (Å²) in [7, 11) is 0. The van der Waals surface area contributed by atoms with Gasteiger partial charge in [-0.05, 0) is 33.3 Å². The molecule has 4 saturated heterocycles. The van der Waals surface area contributed by atoms with Gasteiger partial charge in [0.1, 0.15) is 43.2 Å². The van der Waals surface area contributed by atoms with Gasteiger partial charge in [-0.25, -0.2) is 4.79 Å². The van der Waals surface area contributed by atoms with E-state index in [4.69, 9.17) is 33.2 Å². The largest absolute Gasteiger partial charge is 0.460 e. The Morgan fingerprint density at radius 2 is 1.61 bits per heavy atom. The molecule has 1 aromatic carbocycles. The first-order chi connectivity index (χ1) is 14.6. The Kier molecular flexibility index (Phi) is 4.68. The molecule has 31 heavy (non-hydrogen) atoms. The lowest BCUT2D eigenvalue weighted by molar-refractivity contribution is -0.242. The molecule has 5 rings (SSSR count). The molecule has 4 aliphatic heterocycles. The van der Waals surface area contributed by atoms with Crippen molar-refractivity contribution in [2.75, 3.05) is 6.61 Å². The number of hydrogen-bond donors (Lipinski definition) is 0. The molecule has 9 nitrogen and oxygen atoms in total. The summed E-state index contributed by atoms with van der Waals surface area (Å²) in [6, 6.07) is 11.1. The van der Waals surface area contributed by atoms with Crippen molar-refractivity contribution in [1.29, 1.82) is 5.26 Å². The third kappa shape index (κ3) is 3.53. The number of esters is 1. The van der Waals surface area contributed by atoms with Crippen LogP contribution in [-0.4, -0.2) is 60.5 Å². The molecule has 0 radical (unpaired) electrons. The number of nitrogens with zero attached hydrogens (tertiary/aromatic N) is 1. The van der Waals surface area contributed by atoms with Crippen LogP contribution in [0, 0.1) is 11.3 Å². The van der Waals surface area contributed by atoms with Crippen molar-refractivity contribution in [3.05, 3.63) is 35.9 Å². The number of hydrogen-bond acceptors (Lipinski definition) is 9. The van der Waals surface area contributed by atoms with Crippen LogP contribution in [0.5, 0.6) is 0 Å². The second-order valence-corrected chi connectivity index (χ2v) is 9.06. The average molecular weight is 431 g/mol. The molecule has 0 N–H and O–H groups in total. The summed E-state index contributed by atoms with van der Waals surface area (Å²) in [5, 5.41) is 9.61. The van der Waals surface area contributed by atoms with Gasteiger partial charge in [-0.15, -0.1) is 0 Å². The van der Waals surface area contributed by atoms with E-state index in [2.05, 4.69) is 0 Å². The predicted octanol–water partition coefficient (Wildman–Crippen LogP) is 1.96. The number of nitriles is 1. The maximum absolute atomic E-state index is 12.8. The normalized spacial score (nSPS) is 41.6. The lowest BCUT2D eigenvalue weighted by Gasteiger charge is -2.36. The second kappa shape index (κ2) is 6.97. The van der Waals surface area contributed by atoms with Crippen molar-refractivity contribution >= 4 is 5.97 Å². The fraction of sp³-hybridized carbons (Fsp3) is 0.636. The molecule has 0 unspecified atom stereocenters. The van der Waals surface area contributed by atoms with Crippen molar-refractivity contribution in [3.8, 4) is 6.07 Å². The molecule has 9 heteroatoms. The fourth-order valence-electron chi connectivity index (χ4n) is 4.46. The first-order valence-corrected chi connectivity index (χ1v) is 10.3. The minimum absolute atomic E-state index is 0.138. The smallest absolute Gasteiger partial charge is 0.356 e. The van der Waals surface area contributed by atoms with Crippen LogP contribution in [0.2, 0.25) is 0 Å². The Morgan fingerprint density at radius 3 is 2.32 bits per heavy atom. The summed E-state index contributed by atoms with van der Waals surface area (Å²) in [4.78, 5) is 12.8. The zero-order chi connectivity index (χ0) is 22.0. The van der Waals surface area contributed by atoms with Gasteiger partial charge in [0.25, 0.3) is 5.60 Å². The monoisotopic (exact) mass is 431 g/mol. The highest BCUT2D eigenvalue weighted by Gasteiger charge is 2.67. The maximum Gasteiger partial charge on any atom is 0.356 e. The number of rotatable bonds is 4. The summed E-state index contributed by atoms with van der Waals surface area (Å²) in [6.45, 7) is 7.06. The van der Waals surface area contributed by atoms with Gasteiger partial charge < -0.3 is 33.2 Å². The van der Waals surface area contributed by atoms with Gasteiger partial charge >= 0.3 is 5.97 Å². The maximum atomic E-state index is 12.8. The van der Waals surface area contributed by atoms with Gasteiger partial charge in [-0.2, -0.15) is 5.26 Å². The van der Waals surface area contributed by atoms with E-state index in [1.807, 2.05) is 24.3 Å². The molecule has 0 aliphatic carbocycles. The third-order valence-electron chi connectivity index (χ3n) is 5.82. The molecular weight excluding hydrogens is 406 g/mol. The molecule has 4 heterocycles. The van der Waals surface area contributed by atoms with Crippen molar-refractivity contribution in [2.24, 2.45) is 0 Å². The first-order valence-electron chi connectivity index (χ1n) is 10.3. The molecule has 1 aromatic rings. The number of carbonyl (C=O) groups excluding carboxylic acids is 1. The van der Waals surface area contributed by atoms with Crippen LogP contribution >= 0.6 is 0 Å². The lowest BCUT2D eigenvalue weighted by atomic mass is 9.99. The Morgan fingerprint density at radius 1 is 0.968 bits per heavy atom. The van der Waals surface area contributed by atoms with E-state index >= 15 is 0 Å². The van der Waals surface area contributed by atoms with Gasteiger partial charge in [0, 0.05) is 0 Å². The van der Waals surface area contributed by atoms with E-state index in [0.29, 0.717) is 0 Å². The van der Waals surface area contributed by atoms with Crippen LogP contribution in [-0.2, 0) is 38.0 Å². The molecule has 0 bridgehead atoms. The topological polar surface area (TPSA) is 109 Å². The van der Waals surface area contributed by atoms with Crippen LogP contribution < -0.4 is 0 Å². The average Bonchev–Trinajstić information content (AvgIpc) is 3.27. The Hall–Kier alpha value is -2.06. The number of carbonyl (C=O) groups is 1. The Balaban J connectivity index is 1.29. The molecule has 4 fully saturated rings. The van der Waals surface area contributed by atoms with Crippen LogP contribution in [0.3, 0.4) is 0 Å². The summed E-state index contributed by atoms with van der Waals surface area (Å²) >= 11 is 0. The van der Waals surface area contributed by atoms with Crippen molar-refractivity contribution in [2.45, 2.75) is 81.7 Å². The highest BCUT2D eigenvalue weighted by Crippen LogP contribution is 2.50. The molecule has 166 valence electrons. The van der Waals surface area contributed by atoms with Crippen molar-refractivity contribution in [3.63, 3.8) is 0 Å². The summed E-state index contributed by atoms with van der Waals surface area (Å²) in [5.74, 6) is -2.44. The van der Waals surface area contributed by atoms with Gasteiger partial charge in [0.05, 0.1) is 0 Å². The number of epoxide rings is 1. The van der Waals surface area contributed by atoms with Gasteiger partial charge in [-0.3, -0.25) is 0 Å². The first kappa shape index (κ1) is 20.8. The van der Waals surface area contributed by atoms with Crippen LogP contribution in [0.25, 0.3) is 0 Å². The zero-order valence-corrected chi connectivity index (χ0v) is 17.8. The van der Waals surface area contributed by atoms with Gasteiger partial charge in [0.15, 0.2) is 17.9 Å². The lowest BCUT2D eigenvalue weighted by Crippen LogP contribution is -2.56. The molecule has 4 aliphatic rings. The van der Waals surface area contributed by atoms with Crippen molar-refractivity contribution in [1.82, 2.24) is 0 Å². The quantitative estimate of drug-likeness (QED) is 0.522. The Labute approximate surface area is 180 Å². The number of benzene rings is 1. The van der Waals surface area contributed by atoms with E-state index in [9.17, 15) is 10.1 Å². The fourth-order valence-corrected chi connectivity index (χ4v) is 4.46. The summed E-state index contributed by atoms with van der Waals surface area (Å²) < 4.78 is 40.9. The van der Waals surface area contributed by atoms with E-state index in [1.165, 1.54) is 0 Å². The van der Waals surface area contributed by atoms with Gasteiger partial charge in [0.2, 0.25) is 0 Å². The van der Waals surface area contributed by atoms with E-state index < -0.39 is 60.0 Å². The third-order valence-corrected chi connectivity index (χ3v) is 5.82. The molecule has 0 aromatic heterocycles. The summed E-state index contributed by atoms with van der Waals surface area (Å²) in [6.07, 6.45) is -3.43. The molecule has 0 spiro atoms. The Bertz CT molecular complexity index is 912. The molecule has 0 amide bonds. The molecule has 7 atom stereocenters. The summed E-state index contributed by atoms with van der Waals surface area (Å²) in [5.41, 5.74) is -0.912. The van der Waals surface area contributed by atoms with E-state index in [1.54, 1.807) is 39.8 Å². The standard InChI is InChI=1S/C22H25NO8/c1-20(2)27-14-13(26-18-16(15(14)28-20)29-21(3,4)31-18)10-25-19(24)22(11-23)17(30-22)12-8-6-5-7-9-12/h5-9,13-18H,10H2,1-4H3/t13-,14+,15+,16-,17-,18-,22+/m1/s1. The van der Waals surface area contributed by atoms with Crippen LogP contribution in [0.4, 0.5) is 0 Å². The van der Waals surface area contributed by atoms with Crippen LogP contribution in [0.15, 0.2) is 30.3 Å². The van der Waals surface area contributed by atoms with E-state index in [-0.39, 0.29) is 6.61 Å². The van der Waals surface area contributed by atoms with E-state index in [0.717, 1.165) is 5.56 Å². The highest BCUT2D eigenvalue weighted by molar-refractivity contribution is 5.87. The van der Waals surface area contributed by atoms with Crippen LogP contribution in [0.1, 0.15) is 39.4 Å². The minimum atomic E-state index is -1.65. The predicted molar refractivity (Wildman–Crippen MR) is 102 cm³/mol. The number of fused-ring (bicyclic) bond motifs is 3. The highest BCUT2D eigenvalue weighted by atomic mass is 16.9. The molecule has 0 saturated carbocycles. The SMILES string of the molecule is CC1(C)O[C@H]2[C@@H](O1)[C@@H](COC(=O)[C@@]1(C#N)O[C@@H]1c1ccccc1)O[C@@H]1OC(C)(C)O[C@@H]12. The van der Waals surface area contributed by atoms with Gasteiger partial charge in [-0.1, -0.05) is 30.3 Å². The van der Waals surface area contributed by atoms with Crippen molar-refractivity contribution < 1.29 is 38.0 Å².